The summed E-state index contributed by atoms with van der Waals surface area (Å²) in [5.74, 6) is 5.89. The van der Waals surface area contributed by atoms with Gasteiger partial charge < -0.3 is 10.4 Å². The van der Waals surface area contributed by atoms with Crippen LogP contribution >= 0.6 is 0 Å². The molecule has 2 aromatic rings. The molecule has 2 nitrogen and oxygen atoms in total. The summed E-state index contributed by atoms with van der Waals surface area (Å²) in [5.41, 5.74) is 2.96. The van der Waals surface area contributed by atoms with E-state index in [1.807, 2.05) is 54.6 Å². The first-order chi connectivity index (χ1) is 10.2. The maximum Gasteiger partial charge on any atom is 0.140 e. The summed E-state index contributed by atoms with van der Waals surface area (Å²) in [6, 6.07) is 18.3. The summed E-state index contributed by atoms with van der Waals surface area (Å²) in [5, 5.41) is 13.5. The number of hydrogen-bond donors (Lipinski definition) is 2. The Bertz CT molecular complexity index is 623. The van der Waals surface area contributed by atoms with Crippen LogP contribution in [0.4, 0.5) is 0 Å². The zero-order valence-corrected chi connectivity index (χ0v) is 12.5. The lowest BCUT2D eigenvalue weighted by molar-refractivity contribution is 0.239. The molecule has 0 fully saturated rings. The monoisotopic (exact) mass is 279 g/mol. The number of aliphatic hydroxyl groups excluding tert-OH is 1. The third-order valence-electron chi connectivity index (χ3n) is 3.18. The largest absolute Gasteiger partial charge is 0.376 e. The molecule has 2 heteroatoms. The molecule has 0 bridgehead atoms. The van der Waals surface area contributed by atoms with Crippen LogP contribution in [0.5, 0.6) is 0 Å². The zero-order chi connectivity index (χ0) is 15.1. The second-order valence-electron chi connectivity index (χ2n) is 5.21. The van der Waals surface area contributed by atoms with Gasteiger partial charge in [-0.05, 0) is 25.0 Å². The molecule has 1 atom stereocenters. The summed E-state index contributed by atoms with van der Waals surface area (Å²) in [6.45, 7) is 4.73. The van der Waals surface area contributed by atoms with Gasteiger partial charge in [0.1, 0.15) is 6.10 Å². The molecule has 0 saturated heterocycles. The molecule has 0 spiro atoms. The Morgan fingerprint density at radius 2 is 1.67 bits per heavy atom. The first kappa shape index (κ1) is 15.3. The van der Waals surface area contributed by atoms with E-state index < -0.39 is 6.10 Å². The Labute approximate surface area is 126 Å². The molecule has 0 aliphatic heterocycles. The van der Waals surface area contributed by atoms with Gasteiger partial charge in [0.25, 0.3) is 0 Å². The van der Waals surface area contributed by atoms with Crippen molar-refractivity contribution in [3.05, 3.63) is 60.2 Å². The third kappa shape index (κ3) is 4.46. The van der Waals surface area contributed by atoms with Crippen LogP contribution in [0.25, 0.3) is 11.1 Å². The predicted molar refractivity (Wildman–Crippen MR) is 87.8 cm³/mol. The molecule has 0 radical (unpaired) electrons. The first-order valence-corrected chi connectivity index (χ1v) is 7.22. The van der Waals surface area contributed by atoms with E-state index in [2.05, 4.69) is 31.0 Å². The quantitative estimate of drug-likeness (QED) is 0.841. The van der Waals surface area contributed by atoms with E-state index in [0.717, 1.165) is 16.7 Å². The van der Waals surface area contributed by atoms with Crippen molar-refractivity contribution in [1.82, 2.24) is 5.32 Å². The average molecular weight is 279 g/mol. The van der Waals surface area contributed by atoms with Gasteiger partial charge in [0.2, 0.25) is 0 Å². The van der Waals surface area contributed by atoms with Gasteiger partial charge in [-0.25, -0.2) is 0 Å². The molecule has 2 aromatic carbocycles. The molecule has 21 heavy (non-hydrogen) atoms. The van der Waals surface area contributed by atoms with Gasteiger partial charge in [-0.3, -0.25) is 0 Å². The molecule has 0 amide bonds. The summed E-state index contributed by atoms with van der Waals surface area (Å²) in [4.78, 5) is 0. The normalized spacial score (nSPS) is 11.8. The van der Waals surface area contributed by atoms with Gasteiger partial charge in [-0.15, -0.1) is 0 Å². The van der Waals surface area contributed by atoms with Gasteiger partial charge in [0, 0.05) is 11.6 Å². The van der Waals surface area contributed by atoms with E-state index in [1.165, 1.54) is 0 Å². The van der Waals surface area contributed by atoms with E-state index >= 15 is 0 Å². The fourth-order valence-electron chi connectivity index (χ4n) is 2.10. The fourth-order valence-corrected chi connectivity index (χ4v) is 2.10. The van der Waals surface area contributed by atoms with Crippen LogP contribution in [0.3, 0.4) is 0 Å². The van der Waals surface area contributed by atoms with Gasteiger partial charge in [-0.2, -0.15) is 0 Å². The van der Waals surface area contributed by atoms with Crippen molar-refractivity contribution in [3.63, 3.8) is 0 Å². The molecule has 0 aliphatic carbocycles. The Morgan fingerprint density at radius 1 is 1.00 bits per heavy atom. The molecular formula is C19H21NO. The van der Waals surface area contributed by atoms with Crippen LogP contribution < -0.4 is 5.32 Å². The Kier molecular flexibility index (Phi) is 5.57. The highest BCUT2D eigenvalue weighted by Crippen LogP contribution is 2.27. The fraction of sp³-hybridized carbons (Fsp3) is 0.263. The van der Waals surface area contributed by atoms with Crippen molar-refractivity contribution >= 4 is 0 Å². The summed E-state index contributed by atoms with van der Waals surface area (Å²) >= 11 is 0. The average Bonchev–Trinajstić information content (AvgIpc) is 2.52. The Morgan fingerprint density at radius 3 is 2.38 bits per heavy atom. The van der Waals surface area contributed by atoms with Crippen LogP contribution in [-0.4, -0.2) is 17.7 Å². The molecule has 0 aromatic heterocycles. The molecule has 2 N–H and O–H groups in total. The van der Waals surface area contributed by atoms with Crippen molar-refractivity contribution in [1.29, 1.82) is 0 Å². The van der Waals surface area contributed by atoms with Crippen LogP contribution in [0.15, 0.2) is 54.6 Å². The van der Waals surface area contributed by atoms with Gasteiger partial charge in [-0.1, -0.05) is 66.4 Å². The van der Waals surface area contributed by atoms with E-state index in [-0.39, 0.29) is 0 Å². The van der Waals surface area contributed by atoms with E-state index in [9.17, 15) is 5.11 Å². The van der Waals surface area contributed by atoms with E-state index in [1.54, 1.807) is 0 Å². The summed E-state index contributed by atoms with van der Waals surface area (Å²) in [7, 11) is 0. The molecule has 2 rings (SSSR count). The number of hydrogen-bond acceptors (Lipinski definition) is 2. The van der Waals surface area contributed by atoms with Gasteiger partial charge in [0.15, 0.2) is 0 Å². The van der Waals surface area contributed by atoms with Crippen molar-refractivity contribution in [2.75, 3.05) is 6.54 Å². The highest BCUT2D eigenvalue weighted by Gasteiger charge is 2.10. The maximum atomic E-state index is 10.3. The van der Waals surface area contributed by atoms with Crippen LogP contribution in [0.2, 0.25) is 0 Å². The van der Waals surface area contributed by atoms with E-state index in [4.69, 9.17) is 0 Å². The van der Waals surface area contributed by atoms with Crippen LogP contribution in [0.1, 0.15) is 25.5 Å². The van der Waals surface area contributed by atoms with Crippen molar-refractivity contribution < 1.29 is 5.11 Å². The first-order valence-electron chi connectivity index (χ1n) is 7.22. The molecule has 0 aliphatic rings. The highest BCUT2D eigenvalue weighted by atomic mass is 16.3. The topological polar surface area (TPSA) is 32.3 Å². The number of aliphatic hydroxyl groups is 1. The molecule has 0 saturated carbocycles. The zero-order valence-electron chi connectivity index (χ0n) is 12.5. The van der Waals surface area contributed by atoms with Crippen molar-refractivity contribution in [2.24, 2.45) is 0 Å². The molecule has 1 unspecified atom stereocenters. The van der Waals surface area contributed by atoms with Gasteiger partial charge in [0.05, 0.1) is 6.54 Å². The molecule has 0 heterocycles. The standard InChI is InChI=1S/C19H21NO/c1-15(2)20-14-8-13-19(21)18-12-7-6-11-17(18)16-9-4-3-5-10-16/h3-7,9-12,15,19-21H,14H2,1-2H3. The lowest BCUT2D eigenvalue weighted by Gasteiger charge is -2.11. The predicted octanol–water partition coefficient (Wildman–Crippen LogP) is 3.39. The minimum absolute atomic E-state index is 0.396. The van der Waals surface area contributed by atoms with Crippen LogP contribution in [-0.2, 0) is 0 Å². The lowest BCUT2D eigenvalue weighted by atomic mass is 9.96. The van der Waals surface area contributed by atoms with Crippen molar-refractivity contribution in [2.45, 2.75) is 26.0 Å². The lowest BCUT2D eigenvalue weighted by Crippen LogP contribution is -2.22. The van der Waals surface area contributed by atoms with Crippen molar-refractivity contribution in [3.8, 4) is 23.0 Å². The van der Waals surface area contributed by atoms with E-state index in [0.29, 0.717) is 12.6 Å². The molecular weight excluding hydrogens is 258 g/mol. The Hall–Kier alpha value is -2.08. The van der Waals surface area contributed by atoms with Crippen LogP contribution in [0, 0.1) is 11.8 Å². The summed E-state index contributed by atoms with van der Waals surface area (Å²) in [6.07, 6.45) is -0.768. The third-order valence-corrected chi connectivity index (χ3v) is 3.18. The second-order valence-corrected chi connectivity index (χ2v) is 5.21. The number of nitrogens with one attached hydrogen (secondary N) is 1. The second kappa shape index (κ2) is 7.64. The number of rotatable bonds is 4. The minimum atomic E-state index is -0.768. The smallest absolute Gasteiger partial charge is 0.140 e. The highest BCUT2D eigenvalue weighted by molar-refractivity contribution is 5.68. The molecule has 108 valence electrons. The summed E-state index contributed by atoms with van der Waals surface area (Å²) < 4.78 is 0. The minimum Gasteiger partial charge on any atom is -0.376 e. The Balaban J connectivity index is 2.20. The number of benzene rings is 2. The maximum absolute atomic E-state index is 10.3. The SMILES string of the molecule is CC(C)NCC#CC(O)c1ccccc1-c1ccccc1. The van der Waals surface area contributed by atoms with Gasteiger partial charge >= 0.3 is 0 Å².